The fraction of sp³-hybridized carbons (Fsp3) is 0.741. The molecule has 0 saturated heterocycles. The van der Waals surface area contributed by atoms with Crippen molar-refractivity contribution >= 4 is 5.78 Å². The minimum atomic E-state index is -0.487. The molecule has 2 aromatic rings. The highest BCUT2D eigenvalue weighted by Crippen LogP contribution is 2.64. The molecule has 6 rings (SSSR count). The minimum absolute atomic E-state index is 0.00916. The largest absolute Gasteiger partial charge is 0.390 e. The lowest BCUT2D eigenvalue weighted by Crippen LogP contribution is -2.51. The van der Waals surface area contributed by atoms with Gasteiger partial charge in [-0.05, 0) is 122 Å². The quantitative estimate of drug-likeness (QED) is 0.721. The van der Waals surface area contributed by atoms with Crippen LogP contribution in [0.4, 0.5) is 0 Å². The van der Waals surface area contributed by atoms with E-state index in [0.717, 1.165) is 50.4 Å². The molecule has 1 N–H and O–H groups in total. The van der Waals surface area contributed by atoms with Crippen molar-refractivity contribution in [3.05, 3.63) is 35.0 Å². The maximum absolute atomic E-state index is 13.6. The van der Waals surface area contributed by atoms with Crippen LogP contribution < -0.4 is 5.69 Å². The summed E-state index contributed by atoms with van der Waals surface area (Å²) in [6, 6.07) is 3.40. The molecule has 0 unspecified atom stereocenters. The molecule has 2 aromatic heterocycles. The molecule has 8 heteroatoms. The molecule has 0 spiro atoms. The van der Waals surface area contributed by atoms with Crippen LogP contribution in [0.15, 0.2) is 29.3 Å². The van der Waals surface area contributed by atoms with Gasteiger partial charge in [0.25, 0.3) is 0 Å². The van der Waals surface area contributed by atoms with E-state index in [1.807, 2.05) is 6.92 Å². The predicted molar refractivity (Wildman–Crippen MR) is 130 cm³/mol. The van der Waals surface area contributed by atoms with Gasteiger partial charge in [0.05, 0.1) is 11.3 Å². The Morgan fingerprint density at radius 2 is 1.77 bits per heavy atom. The summed E-state index contributed by atoms with van der Waals surface area (Å²) in [7, 11) is 0. The summed E-state index contributed by atoms with van der Waals surface area (Å²) < 4.78 is 2.43. The zero-order valence-electron chi connectivity index (χ0n) is 20.8. The van der Waals surface area contributed by atoms with Gasteiger partial charge in [-0.15, -0.1) is 0 Å². The van der Waals surface area contributed by atoms with Crippen molar-refractivity contribution in [2.45, 2.75) is 83.8 Å². The van der Waals surface area contributed by atoms with E-state index in [2.05, 4.69) is 22.3 Å². The standard InChI is InChI=1S/C27H37N5O3/c1-26(35)11-7-19-17(15-26)3-4-21-20(19)8-12-27(2)22(21)5-6-23(27)24(33)16-31-25(34)32(30-29-31)18-9-13-28-14-10-18/h9-10,13-14,17,19-23,35H,3-8,11-12,15-16H2,1-2H3/t17-,19+,20-,21-,22+,23-,26-,27+/m1/s1. The first kappa shape index (κ1) is 23.1. The second kappa shape index (κ2) is 8.36. The summed E-state index contributed by atoms with van der Waals surface area (Å²) in [5.41, 5.74) is -0.274. The van der Waals surface area contributed by atoms with Gasteiger partial charge in [0, 0.05) is 18.3 Å². The van der Waals surface area contributed by atoms with Gasteiger partial charge in [0.2, 0.25) is 0 Å². The number of rotatable bonds is 4. The van der Waals surface area contributed by atoms with Crippen molar-refractivity contribution in [3.63, 3.8) is 0 Å². The lowest BCUT2D eigenvalue weighted by atomic mass is 9.49. The second-order valence-corrected chi connectivity index (χ2v) is 12.4. The molecule has 35 heavy (non-hydrogen) atoms. The molecule has 4 fully saturated rings. The van der Waals surface area contributed by atoms with Crippen LogP contribution in [0.5, 0.6) is 0 Å². The fourth-order valence-electron chi connectivity index (χ4n) is 8.89. The van der Waals surface area contributed by atoms with Gasteiger partial charge in [-0.2, -0.15) is 9.36 Å². The third-order valence-corrected chi connectivity index (χ3v) is 10.5. The molecule has 4 aliphatic rings. The van der Waals surface area contributed by atoms with Crippen molar-refractivity contribution in [1.82, 2.24) is 24.8 Å². The predicted octanol–water partition coefficient (Wildman–Crippen LogP) is 3.41. The molecule has 4 saturated carbocycles. The topological polar surface area (TPSA) is 103 Å². The Labute approximate surface area is 206 Å². The monoisotopic (exact) mass is 479 g/mol. The average molecular weight is 480 g/mol. The van der Waals surface area contributed by atoms with Gasteiger partial charge in [0.1, 0.15) is 6.54 Å². The summed E-state index contributed by atoms with van der Waals surface area (Å²) in [5.74, 6) is 3.55. The van der Waals surface area contributed by atoms with Gasteiger partial charge in [0.15, 0.2) is 5.78 Å². The van der Waals surface area contributed by atoms with Crippen LogP contribution in [0, 0.1) is 40.9 Å². The molecule has 0 aromatic carbocycles. The van der Waals surface area contributed by atoms with E-state index in [-0.39, 0.29) is 29.4 Å². The number of tetrazole rings is 1. The van der Waals surface area contributed by atoms with Crippen molar-refractivity contribution in [2.24, 2.45) is 40.9 Å². The first-order chi connectivity index (χ1) is 16.8. The summed E-state index contributed by atoms with van der Waals surface area (Å²) in [6.07, 6.45) is 13.0. The number of pyridine rings is 1. The van der Waals surface area contributed by atoms with Crippen molar-refractivity contribution in [1.29, 1.82) is 0 Å². The van der Waals surface area contributed by atoms with Gasteiger partial charge in [-0.3, -0.25) is 9.78 Å². The van der Waals surface area contributed by atoms with Crippen LogP contribution >= 0.6 is 0 Å². The number of Topliss-reactive ketones (excluding diaryl/α,β-unsaturated/α-hetero) is 1. The second-order valence-electron chi connectivity index (χ2n) is 12.4. The normalized spacial score (nSPS) is 40.5. The highest BCUT2D eigenvalue weighted by molar-refractivity contribution is 5.82. The molecule has 8 atom stereocenters. The Kier molecular flexibility index (Phi) is 5.51. The van der Waals surface area contributed by atoms with Crippen LogP contribution in [0.1, 0.15) is 71.6 Å². The molecule has 0 aliphatic heterocycles. The molecule has 0 bridgehead atoms. The number of nitrogens with zero attached hydrogens (tertiary/aromatic N) is 5. The zero-order chi connectivity index (χ0) is 24.4. The van der Waals surface area contributed by atoms with E-state index < -0.39 is 5.60 Å². The van der Waals surface area contributed by atoms with Gasteiger partial charge in [-0.25, -0.2) is 4.79 Å². The van der Waals surface area contributed by atoms with Crippen LogP contribution in [-0.2, 0) is 11.3 Å². The number of carbonyl (C=O) groups is 1. The molecule has 188 valence electrons. The van der Waals surface area contributed by atoms with Crippen LogP contribution in [0.3, 0.4) is 0 Å². The summed E-state index contributed by atoms with van der Waals surface area (Å²) in [6.45, 7) is 4.35. The zero-order valence-corrected chi connectivity index (χ0v) is 20.8. The van der Waals surface area contributed by atoms with E-state index >= 15 is 0 Å². The summed E-state index contributed by atoms with van der Waals surface area (Å²) >= 11 is 0. The first-order valence-corrected chi connectivity index (χ1v) is 13.5. The SMILES string of the molecule is C[C@@]1(O)CC[C@H]2[C@H](CC[C@@H]3[C@@H]2CC[C@]2(C)[C@@H](C(=O)Cn4nnn(-c5ccncc5)c4=O)CC[C@@H]32)C1. The smallest absolute Gasteiger partial charge is 0.368 e. The maximum atomic E-state index is 13.6. The van der Waals surface area contributed by atoms with Crippen molar-refractivity contribution < 1.29 is 9.90 Å². The highest BCUT2D eigenvalue weighted by Gasteiger charge is 2.58. The number of hydrogen-bond acceptors (Lipinski definition) is 6. The maximum Gasteiger partial charge on any atom is 0.368 e. The van der Waals surface area contributed by atoms with E-state index in [1.165, 1.54) is 28.6 Å². The van der Waals surface area contributed by atoms with E-state index in [9.17, 15) is 14.7 Å². The number of aliphatic hydroxyl groups is 1. The number of hydrogen-bond donors (Lipinski definition) is 1. The Hall–Kier alpha value is -2.35. The fourth-order valence-corrected chi connectivity index (χ4v) is 8.89. The number of ketones is 1. The first-order valence-electron chi connectivity index (χ1n) is 13.5. The lowest BCUT2D eigenvalue weighted by Gasteiger charge is -2.56. The van der Waals surface area contributed by atoms with Crippen molar-refractivity contribution in [3.8, 4) is 5.69 Å². The Balaban J connectivity index is 1.17. The molecular weight excluding hydrogens is 442 g/mol. The van der Waals surface area contributed by atoms with Gasteiger partial charge in [-0.1, -0.05) is 6.92 Å². The molecule has 8 nitrogen and oxygen atoms in total. The third kappa shape index (κ3) is 3.79. The van der Waals surface area contributed by atoms with Crippen LogP contribution in [0.25, 0.3) is 5.69 Å². The highest BCUT2D eigenvalue weighted by atomic mass is 16.3. The minimum Gasteiger partial charge on any atom is -0.390 e. The summed E-state index contributed by atoms with van der Waals surface area (Å²) in [4.78, 5) is 30.4. The van der Waals surface area contributed by atoms with E-state index in [4.69, 9.17) is 0 Å². The number of aromatic nitrogens is 5. The Morgan fingerprint density at radius 3 is 2.57 bits per heavy atom. The molecular formula is C27H37N5O3. The van der Waals surface area contributed by atoms with Crippen molar-refractivity contribution in [2.75, 3.05) is 0 Å². The summed E-state index contributed by atoms with van der Waals surface area (Å²) in [5, 5.41) is 18.6. The number of fused-ring (bicyclic) bond motifs is 5. The van der Waals surface area contributed by atoms with Crippen LogP contribution in [0.2, 0.25) is 0 Å². The Morgan fingerprint density at radius 1 is 1.00 bits per heavy atom. The molecule has 4 aliphatic carbocycles. The van der Waals surface area contributed by atoms with Crippen LogP contribution in [-0.4, -0.2) is 41.3 Å². The average Bonchev–Trinajstić information content (AvgIpc) is 3.38. The van der Waals surface area contributed by atoms with E-state index in [1.54, 1.807) is 24.5 Å². The Bertz CT molecular complexity index is 1160. The third-order valence-electron chi connectivity index (χ3n) is 10.5. The lowest BCUT2D eigenvalue weighted by molar-refractivity contribution is -0.133. The van der Waals surface area contributed by atoms with E-state index in [0.29, 0.717) is 23.4 Å². The van der Waals surface area contributed by atoms with Gasteiger partial charge < -0.3 is 5.11 Å². The molecule has 0 radical (unpaired) electrons. The van der Waals surface area contributed by atoms with Gasteiger partial charge >= 0.3 is 5.69 Å². The molecule has 0 amide bonds. The molecule has 2 heterocycles. The number of carbonyl (C=O) groups excluding carboxylic acids is 1.